The number of benzene rings is 1. The molecule has 0 atom stereocenters. The van der Waals surface area contributed by atoms with Gasteiger partial charge in [-0.2, -0.15) is 18.2 Å². The van der Waals surface area contributed by atoms with Gasteiger partial charge in [-0.3, -0.25) is 4.79 Å². The highest BCUT2D eigenvalue weighted by atomic mass is 19.4. The van der Waals surface area contributed by atoms with E-state index in [1.807, 2.05) is 6.07 Å². The van der Waals surface area contributed by atoms with E-state index in [4.69, 9.17) is 5.73 Å². The molecule has 3 aromatic rings. The fraction of sp³-hybridized carbons (Fsp3) is 0.188. The van der Waals surface area contributed by atoms with Crippen molar-refractivity contribution < 1.29 is 18.0 Å². The first-order valence-electron chi connectivity index (χ1n) is 7.10. The van der Waals surface area contributed by atoms with Gasteiger partial charge in [0.15, 0.2) is 5.65 Å². The first kappa shape index (κ1) is 16.0. The molecular weight excluding hydrogens is 321 g/mol. The van der Waals surface area contributed by atoms with Gasteiger partial charge in [-0.1, -0.05) is 24.3 Å². The van der Waals surface area contributed by atoms with E-state index in [-0.39, 0.29) is 12.4 Å². The van der Waals surface area contributed by atoms with Gasteiger partial charge in [0.25, 0.3) is 0 Å². The van der Waals surface area contributed by atoms with Crippen LogP contribution < -0.4 is 5.73 Å². The quantitative estimate of drug-likeness (QED) is 0.796. The number of anilines is 1. The Hall–Kier alpha value is -2.90. The van der Waals surface area contributed by atoms with Gasteiger partial charge in [-0.05, 0) is 23.3 Å². The maximum absolute atomic E-state index is 12.2. The van der Waals surface area contributed by atoms with Crippen molar-refractivity contribution in [2.45, 2.75) is 19.0 Å². The lowest BCUT2D eigenvalue weighted by Gasteiger charge is -2.07. The highest BCUT2D eigenvalue weighted by Crippen LogP contribution is 2.23. The predicted molar refractivity (Wildman–Crippen MR) is 82.2 cm³/mol. The number of alkyl halides is 3. The number of pyridine rings is 1. The van der Waals surface area contributed by atoms with Crippen LogP contribution in [0.15, 0.2) is 42.6 Å². The van der Waals surface area contributed by atoms with E-state index >= 15 is 0 Å². The smallest absolute Gasteiger partial charge is 0.366 e. The monoisotopic (exact) mass is 334 g/mol. The molecule has 0 fully saturated rings. The van der Waals surface area contributed by atoms with Gasteiger partial charge in [0.1, 0.15) is 12.2 Å². The summed E-state index contributed by atoms with van der Waals surface area (Å²) in [6, 6.07) is 10.4. The van der Waals surface area contributed by atoms with E-state index in [0.717, 1.165) is 11.1 Å². The van der Waals surface area contributed by atoms with Crippen molar-refractivity contribution in [1.82, 2.24) is 14.6 Å². The van der Waals surface area contributed by atoms with Crippen LogP contribution >= 0.6 is 0 Å². The van der Waals surface area contributed by atoms with Crippen molar-refractivity contribution in [3.63, 3.8) is 0 Å². The number of Topliss-reactive ketones (excluding diaryl/α,β-unsaturated/α-hetero) is 1. The lowest BCUT2D eigenvalue weighted by atomic mass is 10.0. The van der Waals surface area contributed by atoms with Crippen molar-refractivity contribution in [3.05, 3.63) is 48.2 Å². The van der Waals surface area contributed by atoms with Gasteiger partial charge in [-0.25, -0.2) is 4.52 Å². The fourth-order valence-electron chi connectivity index (χ4n) is 2.40. The summed E-state index contributed by atoms with van der Waals surface area (Å²) in [6.45, 7) is 0. The average Bonchev–Trinajstić information content (AvgIpc) is 2.85. The van der Waals surface area contributed by atoms with E-state index in [0.29, 0.717) is 11.2 Å². The third kappa shape index (κ3) is 3.70. The van der Waals surface area contributed by atoms with Crippen LogP contribution in [0.1, 0.15) is 12.0 Å². The molecule has 0 saturated heterocycles. The average molecular weight is 334 g/mol. The molecule has 2 aromatic heterocycles. The molecule has 0 saturated carbocycles. The van der Waals surface area contributed by atoms with Gasteiger partial charge in [0.05, 0.1) is 0 Å². The standard InChI is InChI=1S/C16H13F3N4O/c17-16(18,19)8-13(24)7-10-1-3-11(4-2-10)12-5-6-14-21-15(20)22-23(14)9-12/h1-6,9H,7-8H2,(H2,20,22). The number of aromatic nitrogens is 3. The Bertz CT molecular complexity index is 884. The highest BCUT2D eigenvalue weighted by molar-refractivity contribution is 5.81. The zero-order chi connectivity index (χ0) is 17.3. The molecule has 0 bridgehead atoms. The van der Waals surface area contributed by atoms with E-state index in [2.05, 4.69) is 10.1 Å². The Morgan fingerprint density at radius 2 is 1.75 bits per heavy atom. The van der Waals surface area contributed by atoms with Crippen LogP contribution in [0.4, 0.5) is 19.1 Å². The van der Waals surface area contributed by atoms with Crippen LogP contribution in [-0.4, -0.2) is 26.6 Å². The number of carbonyl (C=O) groups is 1. The number of halogens is 3. The minimum absolute atomic E-state index is 0.172. The van der Waals surface area contributed by atoms with E-state index in [1.165, 1.54) is 0 Å². The lowest BCUT2D eigenvalue weighted by Crippen LogP contribution is -2.16. The van der Waals surface area contributed by atoms with Crippen molar-refractivity contribution >= 4 is 17.4 Å². The lowest BCUT2D eigenvalue weighted by molar-refractivity contribution is -0.151. The second-order valence-corrected chi connectivity index (χ2v) is 5.39. The van der Waals surface area contributed by atoms with Crippen LogP contribution in [0.3, 0.4) is 0 Å². The summed E-state index contributed by atoms with van der Waals surface area (Å²) in [7, 11) is 0. The van der Waals surface area contributed by atoms with Crippen molar-refractivity contribution in [1.29, 1.82) is 0 Å². The first-order valence-corrected chi connectivity index (χ1v) is 7.10. The third-order valence-corrected chi connectivity index (χ3v) is 3.43. The predicted octanol–water partition coefficient (Wildman–Crippen LogP) is 3.04. The Kier molecular flexibility index (Phi) is 3.96. The molecule has 0 spiro atoms. The number of rotatable bonds is 4. The fourth-order valence-corrected chi connectivity index (χ4v) is 2.40. The number of ketones is 1. The molecular formula is C16H13F3N4O. The number of nitrogen functional groups attached to an aromatic ring is 1. The second-order valence-electron chi connectivity index (χ2n) is 5.39. The van der Waals surface area contributed by atoms with Crippen LogP contribution in [0.25, 0.3) is 16.8 Å². The molecule has 0 aliphatic carbocycles. The van der Waals surface area contributed by atoms with Gasteiger partial charge in [0.2, 0.25) is 5.95 Å². The Morgan fingerprint density at radius 3 is 2.42 bits per heavy atom. The van der Waals surface area contributed by atoms with E-state index < -0.39 is 18.4 Å². The van der Waals surface area contributed by atoms with Gasteiger partial charge in [-0.15, -0.1) is 5.10 Å². The summed E-state index contributed by atoms with van der Waals surface area (Å²) in [5, 5.41) is 4.02. The summed E-state index contributed by atoms with van der Waals surface area (Å²) in [6.07, 6.45) is -4.36. The van der Waals surface area contributed by atoms with Gasteiger partial charge < -0.3 is 5.73 Å². The molecule has 0 amide bonds. The van der Waals surface area contributed by atoms with E-state index in [9.17, 15) is 18.0 Å². The SMILES string of the molecule is Nc1nc2ccc(-c3ccc(CC(=O)CC(F)(F)F)cc3)cn2n1. The Balaban J connectivity index is 1.76. The molecule has 2 heterocycles. The minimum atomic E-state index is -4.47. The topological polar surface area (TPSA) is 73.3 Å². The molecule has 1 aromatic carbocycles. The summed E-state index contributed by atoms with van der Waals surface area (Å²) in [5.74, 6) is -0.680. The molecule has 124 valence electrons. The molecule has 0 aliphatic rings. The summed E-state index contributed by atoms with van der Waals surface area (Å²) in [4.78, 5) is 15.4. The summed E-state index contributed by atoms with van der Waals surface area (Å²) < 4.78 is 38.1. The normalized spacial score (nSPS) is 11.8. The van der Waals surface area contributed by atoms with Crippen LogP contribution in [0, 0.1) is 0 Å². The molecule has 0 unspecified atom stereocenters. The second kappa shape index (κ2) is 5.95. The molecule has 2 N–H and O–H groups in total. The van der Waals surface area contributed by atoms with Crippen molar-refractivity contribution in [2.24, 2.45) is 0 Å². The van der Waals surface area contributed by atoms with Gasteiger partial charge in [0, 0.05) is 18.2 Å². The Labute approximate surface area is 134 Å². The zero-order valence-electron chi connectivity index (χ0n) is 12.4. The Morgan fingerprint density at radius 1 is 1.08 bits per heavy atom. The number of nitrogens with two attached hydrogens (primary N) is 1. The number of hydrogen-bond acceptors (Lipinski definition) is 4. The van der Waals surface area contributed by atoms with Crippen LogP contribution in [0.5, 0.6) is 0 Å². The number of fused-ring (bicyclic) bond motifs is 1. The number of nitrogens with zero attached hydrogens (tertiary/aromatic N) is 3. The molecule has 0 aliphatic heterocycles. The van der Waals surface area contributed by atoms with Crippen LogP contribution in [-0.2, 0) is 11.2 Å². The highest BCUT2D eigenvalue weighted by Gasteiger charge is 2.30. The molecule has 5 nitrogen and oxygen atoms in total. The number of hydrogen-bond donors (Lipinski definition) is 1. The summed E-state index contributed by atoms with van der Waals surface area (Å²) >= 11 is 0. The maximum Gasteiger partial charge on any atom is 0.395 e. The number of carbonyl (C=O) groups excluding carboxylic acids is 1. The van der Waals surface area contributed by atoms with Crippen LogP contribution in [0.2, 0.25) is 0 Å². The van der Waals surface area contributed by atoms with Crippen molar-refractivity contribution in [3.8, 4) is 11.1 Å². The zero-order valence-corrected chi connectivity index (χ0v) is 12.4. The molecule has 0 radical (unpaired) electrons. The van der Waals surface area contributed by atoms with Crippen molar-refractivity contribution in [2.75, 3.05) is 5.73 Å². The third-order valence-electron chi connectivity index (χ3n) is 3.43. The molecule has 8 heteroatoms. The minimum Gasteiger partial charge on any atom is -0.366 e. The maximum atomic E-state index is 12.2. The largest absolute Gasteiger partial charge is 0.395 e. The van der Waals surface area contributed by atoms with E-state index in [1.54, 1.807) is 41.0 Å². The molecule has 3 rings (SSSR count). The summed E-state index contributed by atoms with van der Waals surface area (Å²) in [5.41, 5.74) is 8.38. The first-order chi connectivity index (χ1) is 11.3. The molecule has 24 heavy (non-hydrogen) atoms. The van der Waals surface area contributed by atoms with Gasteiger partial charge >= 0.3 is 6.18 Å².